The van der Waals surface area contributed by atoms with Crippen LogP contribution in [0.3, 0.4) is 0 Å². The second kappa shape index (κ2) is 8.79. The lowest BCUT2D eigenvalue weighted by atomic mass is 9.94. The molecule has 0 aromatic heterocycles. The van der Waals surface area contributed by atoms with Crippen LogP contribution in [-0.4, -0.2) is 52.3 Å². The number of carbonyl (C=O) groups excluding carboxylic acids is 1. The number of rotatable bonds is 7. The third-order valence-electron chi connectivity index (χ3n) is 3.78. The predicted octanol–water partition coefficient (Wildman–Crippen LogP) is 1.58. The summed E-state index contributed by atoms with van der Waals surface area (Å²) in [4.78, 5) is 24.5. The van der Waals surface area contributed by atoms with Gasteiger partial charge in [-0.3, -0.25) is 4.79 Å². The fourth-order valence-corrected chi connectivity index (χ4v) is 2.66. The van der Waals surface area contributed by atoms with Gasteiger partial charge < -0.3 is 20.4 Å². The van der Waals surface area contributed by atoms with Gasteiger partial charge in [0, 0.05) is 25.0 Å². The van der Waals surface area contributed by atoms with Crippen molar-refractivity contribution in [2.45, 2.75) is 64.0 Å². The molecule has 1 aliphatic carbocycles. The zero-order valence-corrected chi connectivity index (χ0v) is 12.2. The maximum absolute atomic E-state index is 12.2. The van der Waals surface area contributed by atoms with Crippen LogP contribution in [0.4, 0.5) is 4.79 Å². The lowest BCUT2D eigenvalue weighted by Gasteiger charge is -2.34. The highest BCUT2D eigenvalue weighted by atomic mass is 16.4. The Morgan fingerprint density at radius 2 is 1.95 bits per heavy atom. The number of hydrogen-bond donors (Lipinski definition) is 3. The van der Waals surface area contributed by atoms with E-state index in [1.807, 2.05) is 0 Å². The highest BCUT2D eigenvalue weighted by Crippen LogP contribution is 2.22. The van der Waals surface area contributed by atoms with E-state index in [0.29, 0.717) is 13.0 Å². The van der Waals surface area contributed by atoms with Crippen LogP contribution >= 0.6 is 0 Å². The molecule has 0 spiro atoms. The number of carbonyl (C=O) groups is 2. The van der Waals surface area contributed by atoms with E-state index >= 15 is 0 Å². The van der Waals surface area contributed by atoms with Crippen molar-refractivity contribution in [2.24, 2.45) is 0 Å². The van der Waals surface area contributed by atoms with Crippen LogP contribution in [0.15, 0.2) is 0 Å². The van der Waals surface area contributed by atoms with Gasteiger partial charge in [0.05, 0.1) is 6.61 Å². The van der Waals surface area contributed by atoms with Gasteiger partial charge in [0.15, 0.2) is 0 Å². The number of aliphatic hydroxyl groups is 1. The maximum atomic E-state index is 12.2. The Morgan fingerprint density at radius 1 is 1.30 bits per heavy atom. The summed E-state index contributed by atoms with van der Waals surface area (Å²) < 4.78 is 0. The van der Waals surface area contributed by atoms with Gasteiger partial charge in [-0.15, -0.1) is 0 Å². The molecule has 0 aromatic rings. The van der Waals surface area contributed by atoms with E-state index in [2.05, 4.69) is 5.32 Å². The molecule has 2 amide bonds. The summed E-state index contributed by atoms with van der Waals surface area (Å²) in [5, 5.41) is 20.6. The summed E-state index contributed by atoms with van der Waals surface area (Å²) in [6.45, 7) is 2.09. The molecule has 0 radical (unpaired) electrons. The van der Waals surface area contributed by atoms with Gasteiger partial charge in [-0.1, -0.05) is 19.3 Å². The Balaban J connectivity index is 2.48. The first kappa shape index (κ1) is 16.8. The standard InChI is InChI=1S/C14H26N2O4/c1-11(7-8-13(18)19)15-14(20)16(9-10-17)12-5-3-2-4-6-12/h11-12,17H,2-10H2,1H3,(H,15,20)(H,18,19). The minimum absolute atomic E-state index is 0.0465. The Labute approximate surface area is 120 Å². The number of carboxylic acid groups (broad SMARTS) is 1. The second-order valence-electron chi connectivity index (χ2n) is 5.49. The molecule has 0 heterocycles. The van der Waals surface area contributed by atoms with Gasteiger partial charge in [0.2, 0.25) is 0 Å². The first-order chi connectivity index (χ1) is 9.54. The number of aliphatic carboxylic acids is 1. The number of nitrogens with zero attached hydrogens (tertiary/aromatic N) is 1. The molecule has 1 saturated carbocycles. The summed E-state index contributed by atoms with van der Waals surface area (Å²) in [5.41, 5.74) is 0. The number of nitrogens with one attached hydrogen (secondary N) is 1. The van der Waals surface area contributed by atoms with Crippen LogP contribution in [0.25, 0.3) is 0 Å². The zero-order valence-electron chi connectivity index (χ0n) is 12.2. The Bertz CT molecular complexity index is 316. The summed E-state index contributed by atoms with van der Waals surface area (Å²) in [6, 6.07) is -0.171. The highest BCUT2D eigenvalue weighted by molar-refractivity contribution is 5.75. The summed E-state index contributed by atoms with van der Waals surface area (Å²) in [7, 11) is 0. The van der Waals surface area contributed by atoms with Gasteiger partial charge in [-0.2, -0.15) is 0 Å². The lowest BCUT2D eigenvalue weighted by molar-refractivity contribution is -0.137. The van der Waals surface area contributed by atoms with Crippen molar-refractivity contribution in [3.63, 3.8) is 0 Å². The fraction of sp³-hybridized carbons (Fsp3) is 0.857. The quantitative estimate of drug-likeness (QED) is 0.662. The molecular formula is C14H26N2O4. The van der Waals surface area contributed by atoms with Crippen molar-refractivity contribution < 1.29 is 19.8 Å². The van der Waals surface area contributed by atoms with E-state index < -0.39 is 5.97 Å². The fourth-order valence-electron chi connectivity index (χ4n) is 2.66. The molecule has 1 aliphatic rings. The van der Waals surface area contributed by atoms with Crippen molar-refractivity contribution in [3.05, 3.63) is 0 Å². The Hall–Kier alpha value is -1.30. The van der Waals surface area contributed by atoms with Crippen molar-refractivity contribution >= 4 is 12.0 Å². The molecule has 1 unspecified atom stereocenters. The van der Waals surface area contributed by atoms with Crippen molar-refractivity contribution in [1.29, 1.82) is 0 Å². The van der Waals surface area contributed by atoms with Crippen molar-refractivity contribution in [1.82, 2.24) is 10.2 Å². The van der Waals surface area contributed by atoms with Crippen LogP contribution < -0.4 is 5.32 Å². The third-order valence-corrected chi connectivity index (χ3v) is 3.78. The molecule has 116 valence electrons. The van der Waals surface area contributed by atoms with Crippen LogP contribution in [-0.2, 0) is 4.79 Å². The van der Waals surface area contributed by atoms with E-state index in [0.717, 1.165) is 25.7 Å². The van der Waals surface area contributed by atoms with Gasteiger partial charge in [0.1, 0.15) is 0 Å². The van der Waals surface area contributed by atoms with Gasteiger partial charge in [-0.25, -0.2) is 4.79 Å². The molecule has 0 bridgehead atoms. The van der Waals surface area contributed by atoms with E-state index in [4.69, 9.17) is 10.2 Å². The summed E-state index contributed by atoms with van der Waals surface area (Å²) in [6.07, 6.45) is 5.88. The minimum atomic E-state index is -0.856. The molecule has 0 aliphatic heterocycles. The molecule has 1 fully saturated rings. The smallest absolute Gasteiger partial charge is 0.317 e. The lowest BCUT2D eigenvalue weighted by Crippen LogP contribution is -2.50. The molecule has 0 saturated heterocycles. The number of aliphatic hydroxyl groups excluding tert-OH is 1. The largest absolute Gasteiger partial charge is 0.481 e. The first-order valence-corrected chi connectivity index (χ1v) is 7.44. The average molecular weight is 286 g/mol. The highest BCUT2D eigenvalue weighted by Gasteiger charge is 2.25. The normalized spacial score (nSPS) is 17.5. The van der Waals surface area contributed by atoms with E-state index in [1.54, 1.807) is 11.8 Å². The average Bonchev–Trinajstić information content (AvgIpc) is 2.43. The van der Waals surface area contributed by atoms with Crippen LogP contribution in [0.5, 0.6) is 0 Å². The number of urea groups is 1. The molecule has 1 atom stereocenters. The molecule has 6 heteroatoms. The van der Waals surface area contributed by atoms with Gasteiger partial charge in [0.25, 0.3) is 0 Å². The number of hydrogen-bond acceptors (Lipinski definition) is 3. The molecule has 6 nitrogen and oxygen atoms in total. The van der Waals surface area contributed by atoms with Crippen molar-refractivity contribution in [2.75, 3.05) is 13.2 Å². The maximum Gasteiger partial charge on any atom is 0.317 e. The molecular weight excluding hydrogens is 260 g/mol. The topological polar surface area (TPSA) is 89.9 Å². The third kappa shape index (κ3) is 5.77. The Kier molecular flexibility index (Phi) is 7.36. The SMILES string of the molecule is CC(CCC(=O)O)NC(=O)N(CCO)C1CCCCC1. The summed E-state index contributed by atoms with van der Waals surface area (Å²) in [5.74, 6) is -0.856. The van der Waals surface area contributed by atoms with E-state index in [1.165, 1.54) is 6.42 Å². The van der Waals surface area contributed by atoms with Gasteiger partial charge in [-0.05, 0) is 26.2 Å². The molecule has 1 rings (SSSR count). The van der Waals surface area contributed by atoms with Crippen LogP contribution in [0.2, 0.25) is 0 Å². The van der Waals surface area contributed by atoms with E-state index in [-0.39, 0.29) is 31.1 Å². The van der Waals surface area contributed by atoms with Crippen molar-refractivity contribution in [3.8, 4) is 0 Å². The zero-order chi connectivity index (χ0) is 15.0. The summed E-state index contributed by atoms with van der Waals surface area (Å²) >= 11 is 0. The minimum Gasteiger partial charge on any atom is -0.481 e. The number of amides is 2. The monoisotopic (exact) mass is 286 g/mol. The molecule has 3 N–H and O–H groups in total. The molecule has 20 heavy (non-hydrogen) atoms. The molecule has 0 aromatic carbocycles. The number of carboxylic acids is 1. The van der Waals surface area contributed by atoms with Crippen LogP contribution in [0.1, 0.15) is 51.9 Å². The van der Waals surface area contributed by atoms with E-state index in [9.17, 15) is 9.59 Å². The second-order valence-corrected chi connectivity index (χ2v) is 5.49. The first-order valence-electron chi connectivity index (χ1n) is 7.44. The van der Waals surface area contributed by atoms with Gasteiger partial charge >= 0.3 is 12.0 Å². The predicted molar refractivity (Wildman–Crippen MR) is 75.5 cm³/mol. The Morgan fingerprint density at radius 3 is 2.50 bits per heavy atom. The van der Waals surface area contributed by atoms with Crippen LogP contribution in [0, 0.1) is 0 Å².